The smallest absolute Gasteiger partial charge is 0.326 e. The molecule has 1 aromatic carbocycles. The zero-order valence-electron chi connectivity index (χ0n) is 17.8. The predicted octanol–water partition coefficient (Wildman–Crippen LogP) is 4.69. The molecule has 8 nitrogen and oxygen atoms in total. The van der Waals surface area contributed by atoms with Gasteiger partial charge in [-0.3, -0.25) is 0 Å². The first kappa shape index (κ1) is 21.6. The Morgan fingerprint density at radius 1 is 1.18 bits per heavy atom. The summed E-state index contributed by atoms with van der Waals surface area (Å²) in [5, 5.41) is 7.66. The minimum absolute atomic E-state index is 0.0373. The van der Waals surface area contributed by atoms with Crippen LogP contribution in [0.1, 0.15) is 18.5 Å². The Balaban J connectivity index is 1.32. The second-order valence-corrected chi connectivity index (χ2v) is 8.71. The molecule has 0 unspecified atom stereocenters. The second-order valence-electron chi connectivity index (χ2n) is 8.31. The number of piperidine rings is 1. The van der Waals surface area contributed by atoms with Crippen LogP contribution in [-0.2, 0) is 0 Å². The molecule has 2 aliphatic rings. The Labute approximate surface area is 194 Å². The summed E-state index contributed by atoms with van der Waals surface area (Å²) < 4.78 is 33.2. The van der Waals surface area contributed by atoms with Gasteiger partial charge in [0.25, 0.3) is 0 Å². The molecule has 1 N–H and O–H groups in total. The number of rotatable bonds is 6. The van der Waals surface area contributed by atoms with Gasteiger partial charge in [-0.2, -0.15) is 9.67 Å². The van der Waals surface area contributed by atoms with Gasteiger partial charge >= 0.3 is 6.01 Å². The van der Waals surface area contributed by atoms with E-state index in [2.05, 4.69) is 30.3 Å². The molecule has 1 aliphatic carbocycles. The van der Waals surface area contributed by atoms with Crippen LogP contribution in [0, 0.1) is 24.6 Å². The molecule has 3 heterocycles. The first-order valence-corrected chi connectivity index (χ1v) is 11.0. The predicted molar refractivity (Wildman–Crippen MR) is 121 cm³/mol. The average Bonchev–Trinajstić information content (AvgIpc) is 3.26. The number of aryl methyl sites for hydroxylation is 1. The summed E-state index contributed by atoms with van der Waals surface area (Å²) in [6, 6.07) is 6.15. The molecular weight excluding hydrogens is 452 g/mol. The quantitative estimate of drug-likeness (QED) is 0.556. The fourth-order valence-electron chi connectivity index (χ4n) is 4.64. The van der Waals surface area contributed by atoms with E-state index in [0.717, 1.165) is 43.6 Å². The van der Waals surface area contributed by atoms with Crippen molar-refractivity contribution >= 4 is 29.6 Å². The summed E-state index contributed by atoms with van der Waals surface area (Å²) in [4.78, 5) is 15.3. The van der Waals surface area contributed by atoms with Gasteiger partial charge in [-0.15, -0.1) is 5.10 Å². The van der Waals surface area contributed by atoms with Gasteiger partial charge in [0.05, 0.1) is 11.2 Å². The van der Waals surface area contributed by atoms with Crippen LogP contribution in [0.2, 0.25) is 5.02 Å². The Bertz CT molecular complexity index is 1170. The fraction of sp³-hybridized carbons (Fsp3) is 0.364. The van der Waals surface area contributed by atoms with Gasteiger partial charge in [0.1, 0.15) is 30.0 Å². The maximum absolute atomic E-state index is 13.4. The van der Waals surface area contributed by atoms with Crippen LogP contribution in [0.25, 0.3) is 6.20 Å². The molecule has 2 aromatic heterocycles. The van der Waals surface area contributed by atoms with Crippen molar-refractivity contribution in [3.8, 4) is 11.8 Å². The second kappa shape index (κ2) is 8.93. The molecule has 33 heavy (non-hydrogen) atoms. The summed E-state index contributed by atoms with van der Waals surface area (Å²) in [7, 11) is 0. The van der Waals surface area contributed by atoms with Crippen LogP contribution >= 0.6 is 11.6 Å². The highest BCUT2D eigenvalue weighted by atomic mass is 35.5. The molecule has 1 aliphatic heterocycles. The number of benzene rings is 1. The highest BCUT2D eigenvalue weighted by Crippen LogP contribution is 2.40. The minimum atomic E-state index is -0.560. The van der Waals surface area contributed by atoms with Crippen molar-refractivity contribution in [2.45, 2.75) is 25.8 Å². The van der Waals surface area contributed by atoms with Crippen molar-refractivity contribution in [2.24, 2.45) is 11.8 Å². The summed E-state index contributed by atoms with van der Waals surface area (Å²) in [5.74, 6) is 1.77. The molecule has 172 valence electrons. The zero-order valence-corrected chi connectivity index (χ0v) is 18.6. The van der Waals surface area contributed by atoms with Crippen molar-refractivity contribution in [3.63, 3.8) is 0 Å². The van der Waals surface area contributed by atoms with Crippen molar-refractivity contribution in [3.05, 3.63) is 53.5 Å². The first-order valence-electron chi connectivity index (χ1n) is 10.7. The summed E-state index contributed by atoms with van der Waals surface area (Å²) in [6.45, 7) is 3.70. The van der Waals surface area contributed by atoms with Crippen molar-refractivity contribution < 1.29 is 13.5 Å². The van der Waals surface area contributed by atoms with Crippen LogP contribution in [0.3, 0.4) is 0 Å². The lowest BCUT2D eigenvalue weighted by molar-refractivity contribution is 0.374. The lowest BCUT2D eigenvalue weighted by atomic mass is 9.92. The molecule has 2 bridgehead atoms. The molecule has 0 spiro atoms. The highest BCUT2D eigenvalue weighted by molar-refractivity contribution is 6.30. The molecule has 1 saturated heterocycles. The molecule has 0 radical (unpaired) electrons. The van der Waals surface area contributed by atoms with E-state index in [1.807, 2.05) is 13.0 Å². The van der Waals surface area contributed by atoms with Crippen LogP contribution in [0.4, 0.5) is 20.5 Å². The molecule has 3 atom stereocenters. The number of hydrogen-bond acceptors (Lipinski definition) is 7. The molecular formula is C22H22ClF2N7O. The van der Waals surface area contributed by atoms with Gasteiger partial charge in [0.2, 0.25) is 5.95 Å². The van der Waals surface area contributed by atoms with Crippen LogP contribution in [0.5, 0.6) is 11.8 Å². The number of nitrogens with zero attached hydrogens (tertiary/aromatic N) is 6. The number of nitrogens with one attached hydrogen (secondary N) is 1. The number of anilines is 2. The number of halogens is 3. The van der Waals surface area contributed by atoms with Gasteiger partial charge in [0.15, 0.2) is 0 Å². The Hall–Kier alpha value is -3.27. The van der Waals surface area contributed by atoms with Crippen molar-refractivity contribution in [2.75, 3.05) is 23.3 Å². The minimum Gasteiger partial charge on any atom is -0.424 e. The van der Waals surface area contributed by atoms with E-state index in [4.69, 9.17) is 16.3 Å². The van der Waals surface area contributed by atoms with Crippen molar-refractivity contribution in [1.82, 2.24) is 24.7 Å². The Morgan fingerprint density at radius 3 is 2.67 bits per heavy atom. The number of ether oxygens (including phenoxy) is 1. The first-order chi connectivity index (χ1) is 16.0. The van der Waals surface area contributed by atoms with Crippen LogP contribution < -0.4 is 15.0 Å². The van der Waals surface area contributed by atoms with E-state index >= 15 is 0 Å². The highest BCUT2D eigenvalue weighted by Gasteiger charge is 2.43. The zero-order chi connectivity index (χ0) is 22.9. The number of fused-ring (bicyclic) bond motifs is 2. The van der Waals surface area contributed by atoms with E-state index in [0.29, 0.717) is 24.1 Å². The van der Waals surface area contributed by atoms with E-state index < -0.39 is 5.82 Å². The monoisotopic (exact) mass is 473 g/mol. The average molecular weight is 474 g/mol. The molecule has 3 aromatic rings. The van der Waals surface area contributed by atoms with Crippen molar-refractivity contribution in [1.29, 1.82) is 0 Å². The number of aromatic nitrogens is 5. The Kier molecular flexibility index (Phi) is 5.84. The van der Waals surface area contributed by atoms with Crippen LogP contribution in [0.15, 0.2) is 36.9 Å². The van der Waals surface area contributed by atoms with Gasteiger partial charge in [-0.1, -0.05) is 11.6 Å². The maximum Gasteiger partial charge on any atom is 0.326 e. The van der Waals surface area contributed by atoms with E-state index in [9.17, 15) is 8.78 Å². The van der Waals surface area contributed by atoms with Gasteiger partial charge in [-0.05, 0) is 43.7 Å². The molecule has 5 rings (SSSR count). The lowest BCUT2D eigenvalue weighted by Gasteiger charge is -2.38. The molecule has 11 heteroatoms. The number of hydrogen-bond donors (Lipinski definition) is 1. The SMILES string of the molecule is Cc1cc(N2C[C@H]3CC[C@@H](C2)[C@H]3Nc2nc(Oc3ccc(F)c(Cl)c3)n(/C=C/F)n2)ncn1. The van der Waals surface area contributed by atoms with Gasteiger partial charge in [-0.25, -0.2) is 18.7 Å². The molecule has 2 fully saturated rings. The normalized spacial score (nSPS) is 22.2. The van der Waals surface area contributed by atoms with Gasteiger partial charge in [0, 0.05) is 37.0 Å². The molecule has 0 amide bonds. The third kappa shape index (κ3) is 4.47. The standard InChI is InChI=1S/C22H22ClF2N7O/c1-13-8-19(27-12-26-13)31-10-14-2-3-15(11-31)20(14)28-21-29-22(32(30-21)7-6-24)33-16-4-5-18(25)17(23)9-16/h4-9,12,14-15,20H,2-3,10-11H2,1H3,(H,28,30)/b7-6+/t14-,15+,20+. The van der Waals surface area contributed by atoms with Gasteiger partial charge < -0.3 is 15.0 Å². The maximum atomic E-state index is 13.4. The third-order valence-corrected chi connectivity index (χ3v) is 6.43. The fourth-order valence-corrected chi connectivity index (χ4v) is 4.81. The largest absolute Gasteiger partial charge is 0.424 e. The van der Waals surface area contributed by atoms with E-state index in [1.165, 1.54) is 22.9 Å². The summed E-state index contributed by atoms with van der Waals surface area (Å²) in [6.07, 6.45) is 5.21. The summed E-state index contributed by atoms with van der Waals surface area (Å²) in [5.41, 5.74) is 0.943. The lowest BCUT2D eigenvalue weighted by Crippen LogP contribution is -2.48. The Morgan fingerprint density at radius 2 is 1.97 bits per heavy atom. The van der Waals surface area contributed by atoms with Crippen LogP contribution in [-0.4, -0.2) is 43.9 Å². The molecule has 1 saturated carbocycles. The third-order valence-electron chi connectivity index (χ3n) is 6.14. The summed E-state index contributed by atoms with van der Waals surface area (Å²) >= 11 is 5.82. The topological polar surface area (TPSA) is 81.0 Å². The van der Waals surface area contributed by atoms with E-state index in [-0.39, 0.29) is 22.8 Å². The van der Waals surface area contributed by atoms with E-state index in [1.54, 1.807) is 6.33 Å².